The van der Waals surface area contributed by atoms with Gasteiger partial charge in [-0.05, 0) is 11.1 Å². The summed E-state index contributed by atoms with van der Waals surface area (Å²) in [6.07, 6.45) is -3.96. The summed E-state index contributed by atoms with van der Waals surface area (Å²) in [6, 6.07) is 5.74. The van der Waals surface area contributed by atoms with Crippen molar-refractivity contribution in [2.45, 2.75) is 25.3 Å². The van der Waals surface area contributed by atoms with Gasteiger partial charge in [-0.3, -0.25) is 9.69 Å². The highest BCUT2D eigenvalue weighted by molar-refractivity contribution is 5.31. The number of hydrogen-bond acceptors (Lipinski definition) is 4. The molecule has 1 unspecified atom stereocenters. The standard InChI is InChI=1S/C15H12F3NO3/c16-15(17,18)14(13-5-11(20)12(21)8-22-13)19-6-9-3-1-2-4-10(9)7-19/h1-5,8,14,21H,6-7H2. The van der Waals surface area contributed by atoms with Crippen molar-refractivity contribution in [3.8, 4) is 5.75 Å². The Bertz CT molecular complexity index is 729. The molecule has 0 aliphatic carbocycles. The number of fused-ring (bicyclic) bond motifs is 1. The first-order valence-corrected chi connectivity index (χ1v) is 6.55. The summed E-state index contributed by atoms with van der Waals surface area (Å²) >= 11 is 0. The van der Waals surface area contributed by atoms with Crippen LogP contribution < -0.4 is 5.43 Å². The number of benzene rings is 1. The van der Waals surface area contributed by atoms with Crippen molar-refractivity contribution in [3.05, 3.63) is 63.7 Å². The normalized spacial score (nSPS) is 16.5. The number of rotatable bonds is 2. The summed E-state index contributed by atoms with van der Waals surface area (Å²) in [5.74, 6) is -1.24. The summed E-state index contributed by atoms with van der Waals surface area (Å²) < 4.78 is 45.2. The number of nitrogens with zero attached hydrogens (tertiary/aromatic N) is 1. The Morgan fingerprint density at radius 3 is 2.27 bits per heavy atom. The molecule has 1 aromatic heterocycles. The van der Waals surface area contributed by atoms with Crippen LogP contribution in [-0.2, 0) is 13.1 Å². The molecule has 0 saturated carbocycles. The Morgan fingerprint density at radius 1 is 1.18 bits per heavy atom. The van der Waals surface area contributed by atoms with Crippen molar-refractivity contribution < 1.29 is 22.7 Å². The summed E-state index contributed by atoms with van der Waals surface area (Å²) in [7, 11) is 0. The lowest BCUT2D eigenvalue weighted by Gasteiger charge is -2.28. The summed E-state index contributed by atoms with van der Waals surface area (Å²) in [5, 5.41) is 9.13. The van der Waals surface area contributed by atoms with Crippen molar-refractivity contribution >= 4 is 0 Å². The molecule has 1 aromatic carbocycles. The molecule has 0 saturated heterocycles. The smallest absolute Gasteiger partial charge is 0.411 e. The van der Waals surface area contributed by atoms with Gasteiger partial charge in [0.1, 0.15) is 12.0 Å². The molecule has 4 nitrogen and oxygen atoms in total. The minimum absolute atomic E-state index is 0.116. The summed E-state index contributed by atoms with van der Waals surface area (Å²) in [5.41, 5.74) is 0.739. The molecule has 2 aromatic rings. The Balaban J connectivity index is 1.99. The van der Waals surface area contributed by atoms with E-state index in [0.717, 1.165) is 11.1 Å². The zero-order chi connectivity index (χ0) is 15.9. The second-order valence-electron chi connectivity index (χ2n) is 5.15. The Morgan fingerprint density at radius 2 is 1.77 bits per heavy atom. The van der Waals surface area contributed by atoms with Crippen LogP contribution in [0.2, 0.25) is 0 Å². The average molecular weight is 311 g/mol. The third-order valence-corrected chi connectivity index (χ3v) is 3.64. The number of hydrogen-bond donors (Lipinski definition) is 1. The summed E-state index contributed by atoms with van der Waals surface area (Å²) in [4.78, 5) is 12.6. The molecular formula is C15H12F3NO3. The van der Waals surface area contributed by atoms with Crippen LogP contribution in [0.5, 0.6) is 5.75 Å². The van der Waals surface area contributed by atoms with E-state index in [1.165, 1.54) is 4.90 Å². The maximum atomic E-state index is 13.4. The van der Waals surface area contributed by atoms with Gasteiger partial charge in [-0.1, -0.05) is 24.3 Å². The molecule has 1 aliphatic heterocycles. The predicted octanol–water partition coefficient (Wildman–Crippen LogP) is 2.96. The Labute approximate surface area is 123 Å². The van der Waals surface area contributed by atoms with Crippen LogP contribution in [0, 0.1) is 0 Å². The molecule has 0 amide bonds. The van der Waals surface area contributed by atoms with E-state index in [4.69, 9.17) is 9.52 Å². The largest absolute Gasteiger partial charge is 0.502 e. The minimum atomic E-state index is -4.60. The average Bonchev–Trinajstić information content (AvgIpc) is 2.84. The monoisotopic (exact) mass is 311 g/mol. The quantitative estimate of drug-likeness (QED) is 0.926. The van der Waals surface area contributed by atoms with E-state index < -0.39 is 29.2 Å². The molecule has 3 rings (SSSR count). The molecule has 0 spiro atoms. The topological polar surface area (TPSA) is 53.7 Å². The van der Waals surface area contributed by atoms with Gasteiger partial charge in [-0.15, -0.1) is 0 Å². The summed E-state index contributed by atoms with van der Waals surface area (Å²) in [6.45, 7) is 0.232. The van der Waals surface area contributed by atoms with E-state index in [1.807, 2.05) is 0 Å². The van der Waals surface area contributed by atoms with Crippen LogP contribution in [0.4, 0.5) is 13.2 Å². The van der Waals surface area contributed by atoms with Gasteiger partial charge in [-0.25, -0.2) is 0 Å². The van der Waals surface area contributed by atoms with Gasteiger partial charge < -0.3 is 9.52 Å². The fourth-order valence-electron chi connectivity index (χ4n) is 2.65. The van der Waals surface area contributed by atoms with Gasteiger partial charge in [0.2, 0.25) is 5.43 Å². The first kappa shape index (κ1) is 14.6. The molecule has 0 fully saturated rings. The first-order chi connectivity index (χ1) is 10.4. The van der Waals surface area contributed by atoms with Crippen LogP contribution in [0.25, 0.3) is 0 Å². The Kier molecular flexibility index (Phi) is 3.44. The third kappa shape index (κ3) is 2.59. The van der Waals surface area contributed by atoms with E-state index in [1.54, 1.807) is 24.3 Å². The van der Waals surface area contributed by atoms with Crippen LogP contribution in [0.3, 0.4) is 0 Å². The Hall–Kier alpha value is -2.28. The number of halogens is 3. The van der Waals surface area contributed by atoms with E-state index in [9.17, 15) is 18.0 Å². The zero-order valence-corrected chi connectivity index (χ0v) is 11.3. The highest BCUT2D eigenvalue weighted by Gasteiger charge is 2.48. The van der Waals surface area contributed by atoms with Crippen LogP contribution in [0.15, 0.2) is 45.8 Å². The van der Waals surface area contributed by atoms with Crippen LogP contribution >= 0.6 is 0 Å². The van der Waals surface area contributed by atoms with Crippen LogP contribution in [-0.4, -0.2) is 16.2 Å². The highest BCUT2D eigenvalue weighted by atomic mass is 19.4. The molecular weight excluding hydrogens is 299 g/mol. The molecule has 7 heteroatoms. The van der Waals surface area contributed by atoms with Crippen LogP contribution in [0.1, 0.15) is 22.9 Å². The molecule has 0 bridgehead atoms. The van der Waals surface area contributed by atoms with E-state index in [0.29, 0.717) is 12.3 Å². The second-order valence-corrected chi connectivity index (χ2v) is 5.15. The highest BCUT2D eigenvalue weighted by Crippen LogP contribution is 2.41. The molecule has 1 N–H and O–H groups in total. The lowest BCUT2D eigenvalue weighted by atomic mass is 10.1. The lowest BCUT2D eigenvalue weighted by Crippen LogP contribution is -2.35. The maximum absolute atomic E-state index is 13.4. The first-order valence-electron chi connectivity index (χ1n) is 6.55. The minimum Gasteiger partial charge on any atom is -0.502 e. The molecule has 1 atom stereocenters. The maximum Gasteiger partial charge on any atom is 0.411 e. The fraction of sp³-hybridized carbons (Fsp3) is 0.267. The number of alkyl halides is 3. The van der Waals surface area contributed by atoms with Crippen molar-refractivity contribution in [2.24, 2.45) is 0 Å². The number of aromatic hydroxyl groups is 1. The molecule has 22 heavy (non-hydrogen) atoms. The van der Waals surface area contributed by atoms with E-state index in [-0.39, 0.29) is 13.1 Å². The second kappa shape index (κ2) is 5.17. The SMILES string of the molecule is O=c1cc(C(N2Cc3ccccc3C2)C(F)(F)F)occ1O. The molecule has 0 radical (unpaired) electrons. The molecule has 116 valence electrons. The third-order valence-electron chi connectivity index (χ3n) is 3.64. The van der Waals surface area contributed by atoms with Gasteiger partial charge in [-0.2, -0.15) is 13.2 Å². The molecule has 1 aliphatic rings. The van der Waals surface area contributed by atoms with Gasteiger partial charge in [0.15, 0.2) is 11.8 Å². The molecule has 2 heterocycles. The van der Waals surface area contributed by atoms with Gasteiger partial charge in [0.25, 0.3) is 0 Å². The van der Waals surface area contributed by atoms with Crippen molar-refractivity contribution in [1.29, 1.82) is 0 Å². The van der Waals surface area contributed by atoms with E-state index >= 15 is 0 Å². The van der Waals surface area contributed by atoms with Crippen molar-refractivity contribution in [3.63, 3.8) is 0 Å². The van der Waals surface area contributed by atoms with Gasteiger partial charge >= 0.3 is 6.18 Å². The predicted molar refractivity (Wildman–Crippen MR) is 71.1 cm³/mol. The zero-order valence-electron chi connectivity index (χ0n) is 11.3. The van der Waals surface area contributed by atoms with E-state index in [2.05, 4.69) is 0 Å². The van der Waals surface area contributed by atoms with Crippen molar-refractivity contribution in [2.75, 3.05) is 0 Å². The van der Waals surface area contributed by atoms with Gasteiger partial charge in [0, 0.05) is 19.2 Å². The van der Waals surface area contributed by atoms with Crippen molar-refractivity contribution in [1.82, 2.24) is 4.90 Å². The fourth-order valence-corrected chi connectivity index (χ4v) is 2.65. The lowest BCUT2D eigenvalue weighted by molar-refractivity contribution is -0.193. The van der Waals surface area contributed by atoms with Gasteiger partial charge in [0.05, 0.1) is 0 Å².